The second-order valence-corrected chi connectivity index (χ2v) is 4.69. The number of aromatic amines is 1. The van der Waals surface area contributed by atoms with Crippen molar-refractivity contribution in [2.75, 3.05) is 5.32 Å². The van der Waals surface area contributed by atoms with Gasteiger partial charge in [-0.1, -0.05) is 18.2 Å². The Bertz CT molecular complexity index is 869. The van der Waals surface area contributed by atoms with E-state index >= 15 is 0 Å². The van der Waals surface area contributed by atoms with E-state index in [0.29, 0.717) is 10.9 Å². The van der Waals surface area contributed by atoms with Gasteiger partial charge in [-0.2, -0.15) is 0 Å². The van der Waals surface area contributed by atoms with E-state index in [1.807, 2.05) is 0 Å². The van der Waals surface area contributed by atoms with Gasteiger partial charge >= 0.3 is 5.97 Å². The van der Waals surface area contributed by atoms with Crippen LogP contribution in [0.1, 0.15) is 20.8 Å². The van der Waals surface area contributed by atoms with Gasteiger partial charge in [0, 0.05) is 16.5 Å². The summed E-state index contributed by atoms with van der Waals surface area (Å²) in [5, 5.41) is 12.4. The Morgan fingerprint density at radius 1 is 1.05 bits per heavy atom. The summed E-state index contributed by atoms with van der Waals surface area (Å²) in [6, 6.07) is 11.9. The number of carbonyl (C=O) groups excluding carboxylic acids is 1. The average Bonchev–Trinajstić information content (AvgIpc) is 2.87. The lowest BCUT2D eigenvalue weighted by Gasteiger charge is -2.05. The van der Waals surface area contributed by atoms with Gasteiger partial charge in [0.15, 0.2) is 0 Å². The van der Waals surface area contributed by atoms with Crippen molar-refractivity contribution in [3.63, 3.8) is 0 Å². The molecule has 0 aliphatic carbocycles. The summed E-state index contributed by atoms with van der Waals surface area (Å²) in [6.07, 6.45) is 0. The number of hydrogen-bond acceptors (Lipinski definition) is 2. The summed E-state index contributed by atoms with van der Waals surface area (Å²) >= 11 is 0. The number of carboxylic acids is 1. The molecule has 0 saturated heterocycles. The average molecular weight is 298 g/mol. The molecule has 0 saturated carbocycles. The molecule has 0 unspecified atom stereocenters. The number of fused-ring (bicyclic) bond motifs is 1. The normalized spacial score (nSPS) is 10.6. The smallest absolute Gasteiger partial charge is 0.354 e. The van der Waals surface area contributed by atoms with Gasteiger partial charge in [-0.05, 0) is 30.3 Å². The van der Waals surface area contributed by atoms with Crippen LogP contribution in [0.4, 0.5) is 10.1 Å². The van der Waals surface area contributed by atoms with Gasteiger partial charge in [0.05, 0.1) is 5.69 Å². The number of halogens is 1. The number of hydrogen-bond donors (Lipinski definition) is 3. The second kappa shape index (κ2) is 5.33. The number of anilines is 1. The maximum Gasteiger partial charge on any atom is 0.354 e. The highest BCUT2D eigenvalue weighted by Crippen LogP contribution is 2.28. The van der Waals surface area contributed by atoms with E-state index in [-0.39, 0.29) is 16.9 Å². The SMILES string of the molecule is O=C(Nc1c(C(=O)O)[nH]c2ccccc12)c1ccc(F)cc1. The third-order valence-corrected chi connectivity index (χ3v) is 3.26. The predicted octanol–water partition coefficient (Wildman–Crippen LogP) is 3.26. The van der Waals surface area contributed by atoms with Crippen molar-refractivity contribution >= 4 is 28.5 Å². The lowest BCUT2D eigenvalue weighted by Crippen LogP contribution is -2.14. The van der Waals surface area contributed by atoms with Gasteiger partial charge < -0.3 is 15.4 Å². The summed E-state index contributed by atoms with van der Waals surface area (Å²) in [5.74, 6) is -2.13. The largest absolute Gasteiger partial charge is 0.477 e. The Kier molecular flexibility index (Phi) is 3.34. The van der Waals surface area contributed by atoms with Crippen LogP contribution in [0.5, 0.6) is 0 Å². The molecular formula is C16H11FN2O3. The molecule has 0 spiro atoms. The second-order valence-electron chi connectivity index (χ2n) is 4.69. The summed E-state index contributed by atoms with van der Waals surface area (Å²) in [6.45, 7) is 0. The summed E-state index contributed by atoms with van der Waals surface area (Å²) < 4.78 is 12.9. The van der Waals surface area contributed by atoms with Crippen LogP contribution in [-0.2, 0) is 0 Å². The summed E-state index contributed by atoms with van der Waals surface area (Å²) in [4.78, 5) is 26.3. The lowest BCUT2D eigenvalue weighted by molar-refractivity contribution is 0.0692. The topological polar surface area (TPSA) is 82.2 Å². The molecule has 0 radical (unpaired) electrons. The van der Waals surface area contributed by atoms with Crippen molar-refractivity contribution in [3.8, 4) is 0 Å². The molecule has 1 aromatic heterocycles. The zero-order chi connectivity index (χ0) is 15.7. The van der Waals surface area contributed by atoms with E-state index in [0.717, 1.165) is 0 Å². The molecule has 0 aliphatic heterocycles. The molecule has 22 heavy (non-hydrogen) atoms. The minimum atomic E-state index is -1.18. The number of aromatic nitrogens is 1. The van der Waals surface area contributed by atoms with E-state index in [4.69, 9.17) is 0 Å². The van der Waals surface area contributed by atoms with E-state index in [9.17, 15) is 19.1 Å². The number of amides is 1. The highest BCUT2D eigenvalue weighted by Gasteiger charge is 2.19. The molecule has 110 valence electrons. The molecule has 3 N–H and O–H groups in total. The number of H-pyrrole nitrogens is 1. The number of aromatic carboxylic acids is 1. The van der Waals surface area contributed by atoms with Crippen LogP contribution in [0.2, 0.25) is 0 Å². The van der Waals surface area contributed by atoms with Crippen molar-refractivity contribution in [1.82, 2.24) is 4.98 Å². The molecule has 2 aromatic carbocycles. The summed E-state index contributed by atoms with van der Waals surface area (Å²) in [5.41, 5.74) is 0.936. The van der Waals surface area contributed by atoms with Crippen molar-refractivity contribution in [2.45, 2.75) is 0 Å². The van der Waals surface area contributed by atoms with Gasteiger partial charge in [0.2, 0.25) is 0 Å². The van der Waals surface area contributed by atoms with Crippen LogP contribution in [0, 0.1) is 5.82 Å². The predicted molar refractivity (Wildman–Crippen MR) is 79.6 cm³/mol. The molecule has 3 aromatic rings. The first-order valence-corrected chi connectivity index (χ1v) is 6.47. The highest BCUT2D eigenvalue weighted by atomic mass is 19.1. The maximum absolute atomic E-state index is 12.9. The Morgan fingerprint density at radius 2 is 1.73 bits per heavy atom. The van der Waals surface area contributed by atoms with Gasteiger partial charge in [-0.25, -0.2) is 9.18 Å². The van der Waals surface area contributed by atoms with E-state index < -0.39 is 17.7 Å². The zero-order valence-electron chi connectivity index (χ0n) is 11.3. The van der Waals surface area contributed by atoms with Crippen molar-refractivity contribution in [2.24, 2.45) is 0 Å². The molecule has 6 heteroatoms. The van der Waals surface area contributed by atoms with Gasteiger partial charge in [0.25, 0.3) is 5.91 Å². The summed E-state index contributed by atoms with van der Waals surface area (Å²) in [7, 11) is 0. The van der Waals surface area contributed by atoms with E-state index in [1.54, 1.807) is 24.3 Å². The van der Waals surface area contributed by atoms with Gasteiger partial charge in [0.1, 0.15) is 11.5 Å². The monoisotopic (exact) mass is 298 g/mol. The number of rotatable bonds is 3. The van der Waals surface area contributed by atoms with Crippen LogP contribution < -0.4 is 5.32 Å². The van der Waals surface area contributed by atoms with Gasteiger partial charge in [-0.15, -0.1) is 0 Å². The third kappa shape index (κ3) is 2.42. The van der Waals surface area contributed by atoms with Crippen LogP contribution in [-0.4, -0.2) is 22.0 Å². The number of carbonyl (C=O) groups is 2. The van der Waals surface area contributed by atoms with E-state index in [1.165, 1.54) is 24.3 Å². The van der Waals surface area contributed by atoms with Crippen molar-refractivity contribution in [3.05, 3.63) is 65.6 Å². The quantitative estimate of drug-likeness (QED) is 0.694. The van der Waals surface area contributed by atoms with Crippen molar-refractivity contribution in [1.29, 1.82) is 0 Å². The van der Waals surface area contributed by atoms with Crippen LogP contribution >= 0.6 is 0 Å². The first-order chi connectivity index (χ1) is 10.6. The fourth-order valence-electron chi connectivity index (χ4n) is 2.22. The van der Waals surface area contributed by atoms with Gasteiger partial charge in [-0.3, -0.25) is 4.79 Å². The molecule has 0 fully saturated rings. The van der Waals surface area contributed by atoms with Crippen molar-refractivity contribution < 1.29 is 19.1 Å². The molecule has 1 amide bonds. The molecule has 0 bridgehead atoms. The lowest BCUT2D eigenvalue weighted by atomic mass is 10.2. The number of nitrogens with one attached hydrogen (secondary N) is 2. The fraction of sp³-hybridized carbons (Fsp3) is 0. The third-order valence-electron chi connectivity index (χ3n) is 3.26. The zero-order valence-corrected chi connectivity index (χ0v) is 11.3. The Hall–Kier alpha value is -3.15. The molecule has 0 atom stereocenters. The first kappa shape index (κ1) is 13.8. The number of para-hydroxylation sites is 1. The molecular weight excluding hydrogens is 287 g/mol. The standard InChI is InChI=1S/C16H11FN2O3/c17-10-7-5-9(6-8-10)15(20)19-13-11-3-1-2-4-12(11)18-14(13)16(21)22/h1-8,18H,(H,19,20)(H,21,22). The maximum atomic E-state index is 12.9. The fourth-order valence-corrected chi connectivity index (χ4v) is 2.22. The molecule has 0 aliphatic rings. The number of benzene rings is 2. The van der Waals surface area contributed by atoms with Crippen LogP contribution in [0.15, 0.2) is 48.5 Å². The van der Waals surface area contributed by atoms with E-state index in [2.05, 4.69) is 10.3 Å². The first-order valence-electron chi connectivity index (χ1n) is 6.47. The Morgan fingerprint density at radius 3 is 2.41 bits per heavy atom. The Labute approximate surface area is 124 Å². The molecule has 1 heterocycles. The minimum Gasteiger partial charge on any atom is -0.477 e. The number of carboxylic acid groups (broad SMARTS) is 1. The van der Waals surface area contributed by atoms with Crippen LogP contribution in [0.25, 0.3) is 10.9 Å². The minimum absolute atomic E-state index is 0.100. The Balaban J connectivity index is 2.02. The van der Waals surface area contributed by atoms with Crippen LogP contribution in [0.3, 0.4) is 0 Å². The molecule has 5 nitrogen and oxygen atoms in total. The molecule has 3 rings (SSSR count). The highest BCUT2D eigenvalue weighted by molar-refractivity contribution is 6.14.